The van der Waals surface area contributed by atoms with Gasteiger partial charge in [-0.3, -0.25) is 9.13 Å². The third kappa shape index (κ3) is 273. The number of hydrogen-bond acceptors (Lipinski definition) is 2. The Hall–Kier alpha value is 2.14. The van der Waals surface area contributed by atoms with Gasteiger partial charge in [0.25, 0.3) is 0 Å². The van der Waals surface area contributed by atoms with E-state index in [-0.39, 0.29) is 20.3 Å². The number of rotatable bonds is 0. The van der Waals surface area contributed by atoms with Crippen molar-refractivity contribution < 1.29 is 39.2 Å². The largest absolute Gasteiger partial charge is 1.00 e. The summed E-state index contributed by atoms with van der Waals surface area (Å²) in [6.07, 6.45) is -7.39. The summed E-state index contributed by atoms with van der Waals surface area (Å²) >= 11 is 17.6. The molecule has 0 aromatic heterocycles. The summed E-state index contributed by atoms with van der Waals surface area (Å²) < 4.78 is 18.6. The third-order valence-corrected chi connectivity index (χ3v) is 0. The molecule has 4 nitrogen and oxygen atoms in total. The fraction of sp³-hybridized carbons (Fsp3) is 0. The number of halogens is 4. The Bertz CT molecular complexity index is 137. The van der Waals surface area contributed by atoms with Crippen molar-refractivity contribution in [2.24, 2.45) is 0 Å². The van der Waals surface area contributed by atoms with Gasteiger partial charge >= 0.3 is 31.0 Å². The zero-order valence-corrected chi connectivity index (χ0v) is 9.93. The smallest absolute Gasteiger partial charge is 1.00 e. The molecule has 0 unspecified atom stereocenters. The molecule has 0 bridgehead atoms. The van der Waals surface area contributed by atoms with E-state index in [0.717, 1.165) is 0 Å². The summed E-state index contributed by atoms with van der Waals surface area (Å²) in [5.74, 6) is 0. The first-order valence-corrected chi connectivity index (χ1v) is 8.38. The van der Waals surface area contributed by atoms with Crippen LogP contribution in [-0.4, -0.2) is 9.79 Å². The predicted molar refractivity (Wildman–Crippen MR) is 44.2 cm³/mol. The molecule has 66 valence electrons. The van der Waals surface area contributed by atoms with Gasteiger partial charge in [0.15, 0.2) is 0 Å². The first kappa shape index (κ1) is 18.8. The van der Waals surface area contributed by atoms with Crippen LogP contribution in [0, 0.1) is 0 Å². The molecule has 0 aromatic rings. The van der Waals surface area contributed by atoms with Crippen LogP contribution >= 0.6 is 57.1 Å². The zero-order valence-electron chi connectivity index (χ0n) is 6.12. The van der Waals surface area contributed by atoms with Crippen LogP contribution in [0.15, 0.2) is 0 Å². The second kappa shape index (κ2) is 7.53. The van der Waals surface area contributed by atoms with Crippen molar-refractivity contribution >= 4 is 57.1 Å². The minimum Gasteiger partial charge on any atom is -1.00 e. The molecule has 0 heterocycles. The van der Waals surface area contributed by atoms with E-state index >= 15 is 0 Å². The van der Waals surface area contributed by atoms with Crippen molar-refractivity contribution in [3.05, 3.63) is 0 Å². The first-order valence-electron chi connectivity index (χ1n) is 1.44. The van der Waals surface area contributed by atoms with Crippen LogP contribution in [0.25, 0.3) is 0 Å². The van der Waals surface area contributed by atoms with Crippen molar-refractivity contribution in [2.75, 3.05) is 0 Å². The van der Waals surface area contributed by atoms with E-state index in [9.17, 15) is 9.13 Å². The summed E-state index contributed by atoms with van der Waals surface area (Å²) in [4.78, 5) is 15.2. The fourth-order valence-corrected chi connectivity index (χ4v) is 0. The van der Waals surface area contributed by atoms with Crippen molar-refractivity contribution in [3.63, 3.8) is 0 Å². The average Bonchev–Trinajstić information content (AvgIpc) is 1.12. The molecule has 0 atom stereocenters. The van der Waals surface area contributed by atoms with Crippen LogP contribution in [0.4, 0.5) is 0 Å². The molecule has 11 heavy (non-hydrogen) atoms. The quantitative estimate of drug-likeness (QED) is 0.492. The molecule has 0 spiro atoms. The maximum atomic E-state index is 9.30. The molecule has 0 aromatic carbocycles. The van der Waals surface area contributed by atoms with E-state index in [4.69, 9.17) is 9.79 Å². The maximum absolute atomic E-state index is 9.30. The second-order valence-corrected chi connectivity index (χ2v) is 9.15. The third-order valence-electron chi connectivity index (χ3n) is 0. The molecular weight excluding hydrogens is 275 g/mol. The molecule has 2 N–H and O–H groups in total. The van der Waals surface area contributed by atoms with Gasteiger partial charge in [-0.1, -0.05) is 0 Å². The van der Waals surface area contributed by atoms with Crippen LogP contribution in [-0.2, 0) is 9.13 Å². The van der Waals surface area contributed by atoms with Gasteiger partial charge in [-0.05, 0) is 45.0 Å². The molecule has 0 aliphatic carbocycles. The Kier molecular flexibility index (Phi) is 12.9. The SMILES string of the molecule is O=P(O)(Cl)Cl.O=P(O)(Cl)Cl.[H-].[Li+]. The summed E-state index contributed by atoms with van der Waals surface area (Å²) in [7, 11) is 0. The molecule has 0 aliphatic heterocycles. The van der Waals surface area contributed by atoms with Crippen molar-refractivity contribution in [1.82, 2.24) is 0 Å². The normalized spacial score (nSPS) is 10.7. The Labute approximate surface area is 95.9 Å². The zero-order chi connectivity index (χ0) is 9.00. The fourth-order valence-electron chi connectivity index (χ4n) is 0. The monoisotopic (exact) mass is 276 g/mol. The molecule has 0 aliphatic rings. The van der Waals surface area contributed by atoms with Crippen molar-refractivity contribution in [1.29, 1.82) is 0 Å². The Balaban J connectivity index is -0.0000000457. The first-order chi connectivity index (χ1) is 4.00. The molecule has 0 saturated heterocycles. The van der Waals surface area contributed by atoms with Crippen LogP contribution in [0.1, 0.15) is 1.43 Å². The summed E-state index contributed by atoms with van der Waals surface area (Å²) in [6, 6.07) is 0. The topological polar surface area (TPSA) is 74.6 Å². The summed E-state index contributed by atoms with van der Waals surface area (Å²) in [5, 5.41) is 0. The van der Waals surface area contributed by atoms with Crippen LogP contribution in [0.3, 0.4) is 0 Å². The van der Waals surface area contributed by atoms with Gasteiger partial charge in [0, 0.05) is 0 Å². The average molecular weight is 278 g/mol. The van der Waals surface area contributed by atoms with Crippen molar-refractivity contribution in [3.8, 4) is 0 Å². The molecular formula is H3Cl4LiO4P2. The van der Waals surface area contributed by atoms with Gasteiger partial charge in [-0.2, -0.15) is 0 Å². The van der Waals surface area contributed by atoms with Gasteiger partial charge < -0.3 is 11.2 Å². The van der Waals surface area contributed by atoms with Gasteiger partial charge in [0.05, 0.1) is 0 Å². The molecule has 0 rings (SSSR count). The van der Waals surface area contributed by atoms with Gasteiger partial charge in [-0.15, -0.1) is 0 Å². The van der Waals surface area contributed by atoms with Gasteiger partial charge in [-0.25, -0.2) is 0 Å². The Morgan fingerprint density at radius 3 is 0.909 bits per heavy atom. The summed E-state index contributed by atoms with van der Waals surface area (Å²) in [6.45, 7) is 0. The van der Waals surface area contributed by atoms with Crippen LogP contribution in [0.2, 0.25) is 0 Å². The maximum Gasteiger partial charge on any atom is 1.00 e. The Morgan fingerprint density at radius 2 is 0.909 bits per heavy atom. The minimum atomic E-state index is -3.69. The van der Waals surface area contributed by atoms with E-state index in [2.05, 4.69) is 45.0 Å². The predicted octanol–water partition coefficient (Wildman–Crippen LogP) is 0.245. The van der Waals surface area contributed by atoms with E-state index in [1.807, 2.05) is 0 Å². The van der Waals surface area contributed by atoms with Crippen LogP contribution < -0.4 is 18.9 Å². The molecule has 0 saturated carbocycles. The molecule has 0 amide bonds. The van der Waals surface area contributed by atoms with E-state index in [1.165, 1.54) is 0 Å². The number of hydrogen-bond donors (Lipinski definition) is 2. The van der Waals surface area contributed by atoms with E-state index in [1.54, 1.807) is 0 Å². The standard InChI is InChI=1S/2Cl2HO2P.Li.H/c2*1-5(2,3)4;;/h2*(H,3,4);;/q;;+1;-1. The molecule has 11 heteroatoms. The molecule has 0 radical (unpaired) electrons. The van der Waals surface area contributed by atoms with E-state index < -0.39 is 12.1 Å². The molecule has 0 fully saturated rings. The van der Waals surface area contributed by atoms with Crippen LogP contribution in [0.5, 0.6) is 0 Å². The minimum absolute atomic E-state index is 0. The second-order valence-electron chi connectivity index (χ2n) is 0.869. The Morgan fingerprint density at radius 1 is 0.909 bits per heavy atom. The van der Waals surface area contributed by atoms with E-state index in [0.29, 0.717) is 0 Å². The van der Waals surface area contributed by atoms with Gasteiger partial charge in [0.2, 0.25) is 0 Å². The summed E-state index contributed by atoms with van der Waals surface area (Å²) in [5.41, 5.74) is 0. The van der Waals surface area contributed by atoms with Gasteiger partial charge in [0.1, 0.15) is 0 Å². The van der Waals surface area contributed by atoms with Crippen molar-refractivity contribution in [2.45, 2.75) is 0 Å².